The van der Waals surface area contributed by atoms with E-state index in [1.807, 2.05) is 6.07 Å². The molecule has 4 nitrogen and oxygen atoms in total. The third kappa shape index (κ3) is 1.65. The number of carbonyl (C=O) groups excluding carboxylic acids is 1. The van der Waals surface area contributed by atoms with Gasteiger partial charge in [-0.3, -0.25) is 0 Å². The lowest BCUT2D eigenvalue weighted by Gasteiger charge is -2.17. The van der Waals surface area contributed by atoms with Crippen LogP contribution in [0.15, 0.2) is 18.6 Å². The highest BCUT2D eigenvalue weighted by molar-refractivity contribution is 5.62. The predicted octanol–water partition coefficient (Wildman–Crippen LogP) is 1.29. The summed E-state index contributed by atoms with van der Waals surface area (Å²) in [6.45, 7) is 1.81. The highest BCUT2D eigenvalue weighted by Crippen LogP contribution is 2.36. The van der Waals surface area contributed by atoms with E-state index in [4.69, 9.17) is 4.74 Å². The van der Waals surface area contributed by atoms with Crippen molar-refractivity contribution in [1.82, 2.24) is 9.97 Å². The minimum atomic E-state index is -0.629. The average molecular weight is 192 g/mol. The van der Waals surface area contributed by atoms with E-state index in [0.717, 1.165) is 24.8 Å². The molecule has 1 saturated heterocycles. The van der Waals surface area contributed by atoms with Crippen LogP contribution in [0.4, 0.5) is 0 Å². The molecule has 1 aliphatic heterocycles. The summed E-state index contributed by atoms with van der Waals surface area (Å²) in [7, 11) is 0. The summed E-state index contributed by atoms with van der Waals surface area (Å²) >= 11 is 0. The number of aldehydes is 1. The van der Waals surface area contributed by atoms with Crippen LogP contribution in [0.1, 0.15) is 31.6 Å². The van der Waals surface area contributed by atoms with E-state index in [0.29, 0.717) is 0 Å². The summed E-state index contributed by atoms with van der Waals surface area (Å²) in [6.07, 6.45) is 5.58. The molecule has 0 N–H and O–H groups in total. The molecule has 0 aliphatic carbocycles. The van der Waals surface area contributed by atoms with E-state index in [2.05, 4.69) is 9.97 Å². The third-order valence-corrected chi connectivity index (χ3v) is 2.50. The summed E-state index contributed by atoms with van der Waals surface area (Å²) < 4.78 is 5.63. The molecule has 74 valence electrons. The van der Waals surface area contributed by atoms with Crippen LogP contribution in [0.25, 0.3) is 0 Å². The largest absolute Gasteiger partial charge is 0.358 e. The number of carbonyl (C=O) groups is 1. The van der Waals surface area contributed by atoms with Gasteiger partial charge >= 0.3 is 0 Å². The second kappa shape index (κ2) is 3.46. The van der Waals surface area contributed by atoms with Crippen molar-refractivity contribution < 1.29 is 9.53 Å². The normalized spacial score (nSPS) is 31.6. The molecular weight excluding hydrogens is 180 g/mol. The van der Waals surface area contributed by atoms with Gasteiger partial charge in [0.05, 0.1) is 5.69 Å². The van der Waals surface area contributed by atoms with E-state index in [9.17, 15) is 4.79 Å². The van der Waals surface area contributed by atoms with Crippen molar-refractivity contribution in [2.75, 3.05) is 0 Å². The highest BCUT2D eigenvalue weighted by Gasteiger charge is 2.36. The van der Waals surface area contributed by atoms with Crippen molar-refractivity contribution >= 4 is 6.29 Å². The lowest BCUT2D eigenvalue weighted by Crippen LogP contribution is -2.24. The lowest BCUT2D eigenvalue weighted by molar-refractivity contribution is -0.127. The smallest absolute Gasteiger partial charge is 0.151 e. The SMILES string of the molecule is CC1(C=O)CCC(c2ccncn2)O1. The van der Waals surface area contributed by atoms with Crippen molar-refractivity contribution in [3.63, 3.8) is 0 Å². The Balaban J connectivity index is 2.14. The third-order valence-electron chi connectivity index (χ3n) is 2.50. The predicted molar refractivity (Wildman–Crippen MR) is 49.6 cm³/mol. The van der Waals surface area contributed by atoms with Crippen LogP contribution >= 0.6 is 0 Å². The molecule has 0 saturated carbocycles. The van der Waals surface area contributed by atoms with Gasteiger partial charge in [-0.05, 0) is 25.8 Å². The Labute approximate surface area is 82.3 Å². The Hall–Kier alpha value is -1.29. The molecule has 1 fully saturated rings. The number of nitrogens with zero attached hydrogens (tertiary/aromatic N) is 2. The van der Waals surface area contributed by atoms with Crippen molar-refractivity contribution in [2.45, 2.75) is 31.5 Å². The number of rotatable bonds is 2. The zero-order chi connectivity index (χ0) is 10.0. The van der Waals surface area contributed by atoms with Crippen LogP contribution in [-0.4, -0.2) is 21.9 Å². The maximum absolute atomic E-state index is 10.7. The zero-order valence-electron chi connectivity index (χ0n) is 8.01. The quantitative estimate of drug-likeness (QED) is 0.662. The molecule has 0 bridgehead atoms. The van der Waals surface area contributed by atoms with Crippen LogP contribution in [0.2, 0.25) is 0 Å². The Morgan fingerprint density at radius 1 is 1.71 bits per heavy atom. The van der Waals surface area contributed by atoms with Gasteiger partial charge in [-0.2, -0.15) is 0 Å². The van der Waals surface area contributed by atoms with Gasteiger partial charge in [-0.1, -0.05) is 0 Å². The highest BCUT2D eigenvalue weighted by atomic mass is 16.5. The van der Waals surface area contributed by atoms with Crippen LogP contribution < -0.4 is 0 Å². The number of hydrogen-bond acceptors (Lipinski definition) is 4. The standard InChI is InChI=1S/C10H12N2O2/c1-10(6-13)4-2-9(14-10)8-3-5-11-7-12-8/h3,5-7,9H,2,4H2,1H3. The summed E-state index contributed by atoms with van der Waals surface area (Å²) in [6, 6.07) is 1.82. The second-order valence-corrected chi connectivity index (χ2v) is 3.71. The average Bonchev–Trinajstić information content (AvgIpc) is 2.63. The zero-order valence-corrected chi connectivity index (χ0v) is 8.01. The molecule has 0 amide bonds. The Morgan fingerprint density at radius 2 is 2.57 bits per heavy atom. The summed E-state index contributed by atoms with van der Waals surface area (Å²) in [5, 5.41) is 0. The minimum absolute atomic E-state index is 0.0619. The van der Waals surface area contributed by atoms with Gasteiger partial charge in [-0.15, -0.1) is 0 Å². The Bertz CT molecular complexity index is 328. The van der Waals surface area contributed by atoms with Crippen LogP contribution in [0.5, 0.6) is 0 Å². The molecule has 14 heavy (non-hydrogen) atoms. The molecule has 2 rings (SSSR count). The first-order chi connectivity index (χ1) is 6.73. The van der Waals surface area contributed by atoms with Gasteiger partial charge in [0.2, 0.25) is 0 Å². The van der Waals surface area contributed by atoms with Crippen molar-refractivity contribution in [3.05, 3.63) is 24.3 Å². The first kappa shape index (κ1) is 9.27. The fourth-order valence-electron chi connectivity index (χ4n) is 1.65. The molecule has 0 radical (unpaired) electrons. The van der Waals surface area contributed by atoms with Gasteiger partial charge in [0.25, 0.3) is 0 Å². The molecular formula is C10H12N2O2. The molecule has 1 aromatic heterocycles. The monoisotopic (exact) mass is 192 g/mol. The van der Waals surface area contributed by atoms with Gasteiger partial charge in [-0.25, -0.2) is 9.97 Å². The molecule has 1 aromatic rings. The maximum Gasteiger partial charge on any atom is 0.151 e. The number of ether oxygens (including phenoxy) is 1. The van der Waals surface area contributed by atoms with Crippen molar-refractivity contribution in [1.29, 1.82) is 0 Å². The van der Waals surface area contributed by atoms with Crippen molar-refractivity contribution in [3.8, 4) is 0 Å². The molecule has 0 spiro atoms. The van der Waals surface area contributed by atoms with Crippen LogP contribution in [0.3, 0.4) is 0 Å². The summed E-state index contributed by atoms with van der Waals surface area (Å²) in [5.74, 6) is 0. The first-order valence-electron chi connectivity index (χ1n) is 4.63. The Morgan fingerprint density at radius 3 is 3.14 bits per heavy atom. The molecule has 1 aliphatic rings. The van der Waals surface area contributed by atoms with Crippen LogP contribution in [0, 0.1) is 0 Å². The second-order valence-electron chi connectivity index (χ2n) is 3.71. The van der Waals surface area contributed by atoms with Gasteiger partial charge in [0.1, 0.15) is 18.0 Å². The van der Waals surface area contributed by atoms with Crippen LogP contribution in [-0.2, 0) is 9.53 Å². The molecule has 4 heteroatoms. The topological polar surface area (TPSA) is 52.1 Å². The van der Waals surface area contributed by atoms with Gasteiger partial charge < -0.3 is 9.53 Å². The first-order valence-corrected chi connectivity index (χ1v) is 4.63. The van der Waals surface area contributed by atoms with E-state index in [1.165, 1.54) is 6.33 Å². The van der Waals surface area contributed by atoms with Gasteiger partial charge in [0.15, 0.2) is 6.29 Å². The van der Waals surface area contributed by atoms with E-state index in [1.54, 1.807) is 13.1 Å². The summed E-state index contributed by atoms with van der Waals surface area (Å²) in [4.78, 5) is 18.7. The summed E-state index contributed by atoms with van der Waals surface area (Å²) in [5.41, 5.74) is 0.223. The van der Waals surface area contributed by atoms with Gasteiger partial charge in [0, 0.05) is 6.20 Å². The minimum Gasteiger partial charge on any atom is -0.358 e. The fraction of sp³-hybridized carbons (Fsp3) is 0.500. The van der Waals surface area contributed by atoms with Crippen molar-refractivity contribution in [2.24, 2.45) is 0 Å². The molecule has 2 heterocycles. The van der Waals surface area contributed by atoms with E-state index >= 15 is 0 Å². The fourth-order valence-corrected chi connectivity index (χ4v) is 1.65. The number of hydrogen-bond donors (Lipinski definition) is 0. The molecule has 2 atom stereocenters. The Kier molecular flexibility index (Phi) is 2.29. The number of aromatic nitrogens is 2. The molecule has 0 aromatic carbocycles. The molecule has 2 unspecified atom stereocenters. The lowest BCUT2D eigenvalue weighted by atomic mass is 10.0. The maximum atomic E-state index is 10.7. The van der Waals surface area contributed by atoms with E-state index < -0.39 is 5.60 Å². The van der Waals surface area contributed by atoms with E-state index in [-0.39, 0.29) is 6.10 Å².